The van der Waals surface area contributed by atoms with Gasteiger partial charge in [-0.25, -0.2) is 4.98 Å². The lowest BCUT2D eigenvalue weighted by Crippen LogP contribution is -2.66. The minimum Gasteiger partial charge on any atom is -0.481 e. The fraction of sp³-hybridized carbons (Fsp3) is 0.500. The molecule has 6 heteroatoms. The summed E-state index contributed by atoms with van der Waals surface area (Å²) in [6, 6.07) is 10.3. The maximum absolute atomic E-state index is 11.7. The molecular weight excluding hydrogens is 380 g/mol. The summed E-state index contributed by atoms with van der Waals surface area (Å²) in [7, 11) is 2.25. The number of piperidine rings is 1. The Morgan fingerprint density at radius 3 is 2.97 bits per heavy atom. The number of nitrogens with zero attached hydrogens (tertiary/aromatic N) is 2. The van der Waals surface area contributed by atoms with E-state index in [1.54, 1.807) is 6.20 Å². The van der Waals surface area contributed by atoms with Crippen LogP contribution in [0.15, 0.2) is 36.5 Å². The van der Waals surface area contributed by atoms with Gasteiger partial charge >= 0.3 is 5.97 Å². The lowest BCUT2D eigenvalue weighted by atomic mass is 9.51. The number of hydrogen-bond donors (Lipinski definition) is 0. The summed E-state index contributed by atoms with van der Waals surface area (Å²) in [5.41, 5.74) is 2.51. The summed E-state index contributed by atoms with van der Waals surface area (Å²) < 4.78 is 18.6. The summed E-state index contributed by atoms with van der Waals surface area (Å²) in [5, 5.41) is 0. The molecule has 2 bridgehead atoms. The molecule has 2 aromatic rings. The first-order chi connectivity index (χ1) is 14.6. The smallest absolute Gasteiger partial charge is 0.308 e. The van der Waals surface area contributed by atoms with E-state index in [-0.39, 0.29) is 23.6 Å². The van der Waals surface area contributed by atoms with Crippen LogP contribution in [0, 0.1) is 5.92 Å². The molecule has 6 rings (SSSR count). The van der Waals surface area contributed by atoms with Crippen LogP contribution in [0.5, 0.6) is 17.4 Å². The molecule has 1 aromatic carbocycles. The third kappa shape index (κ3) is 2.40. The minimum absolute atomic E-state index is 0.0799. The molecule has 5 atom stereocenters. The monoisotopic (exact) mass is 406 g/mol. The predicted molar refractivity (Wildman–Crippen MR) is 110 cm³/mol. The number of hydrogen-bond acceptors (Lipinski definition) is 6. The minimum atomic E-state index is -0.322. The van der Waals surface area contributed by atoms with E-state index in [4.69, 9.17) is 14.2 Å². The van der Waals surface area contributed by atoms with Gasteiger partial charge in [-0.1, -0.05) is 12.1 Å². The highest BCUT2D eigenvalue weighted by Crippen LogP contribution is 2.64. The van der Waals surface area contributed by atoms with Crippen LogP contribution in [-0.4, -0.2) is 47.7 Å². The van der Waals surface area contributed by atoms with Crippen molar-refractivity contribution >= 4 is 5.97 Å². The number of likely N-dealkylation sites (tertiary alicyclic amines) is 1. The summed E-state index contributed by atoms with van der Waals surface area (Å²) in [5.74, 6) is 2.14. The van der Waals surface area contributed by atoms with Crippen molar-refractivity contribution in [3.63, 3.8) is 0 Å². The highest BCUT2D eigenvalue weighted by molar-refractivity contribution is 5.72. The van der Waals surface area contributed by atoms with E-state index in [9.17, 15) is 4.79 Å². The number of likely N-dealkylation sites (N-methyl/N-ethyl adjacent to an activating group) is 1. The second-order valence-corrected chi connectivity index (χ2v) is 9.11. The first-order valence-electron chi connectivity index (χ1n) is 10.9. The molecule has 2 fully saturated rings. The molecular formula is C24H26N2O4. The Labute approximate surface area is 176 Å². The topological polar surface area (TPSA) is 60.9 Å². The molecule has 2 unspecified atom stereocenters. The Kier molecular flexibility index (Phi) is 3.91. The van der Waals surface area contributed by atoms with E-state index in [2.05, 4.69) is 23.0 Å². The molecule has 0 N–H and O–H groups in total. The lowest BCUT2D eigenvalue weighted by molar-refractivity contribution is -0.132. The van der Waals surface area contributed by atoms with Gasteiger partial charge in [0.25, 0.3) is 0 Å². The number of aromatic nitrogens is 1. The van der Waals surface area contributed by atoms with E-state index < -0.39 is 0 Å². The second-order valence-electron chi connectivity index (χ2n) is 9.11. The number of rotatable bonds is 3. The Hall–Kier alpha value is -2.60. The van der Waals surface area contributed by atoms with Gasteiger partial charge in [-0.15, -0.1) is 0 Å². The average Bonchev–Trinajstić information content (AvgIpc) is 3.09. The molecule has 1 saturated heterocycles. The largest absolute Gasteiger partial charge is 0.481 e. The molecule has 3 heterocycles. The normalized spacial score (nSPS) is 33.4. The quantitative estimate of drug-likeness (QED) is 0.577. The van der Waals surface area contributed by atoms with Crippen molar-refractivity contribution in [1.82, 2.24) is 9.88 Å². The molecule has 0 radical (unpaired) electrons. The zero-order valence-corrected chi connectivity index (χ0v) is 17.3. The van der Waals surface area contributed by atoms with Crippen LogP contribution in [0.2, 0.25) is 0 Å². The standard InChI is InChI=1S/C24H26N2O4/c1-14(27)28-18-8-6-15-13-17-16-7-9-19(29-20-5-3-4-11-25-20)23-24(16,10-12-26(17)2)21(15)22(18)30-23/h3-6,8,11,16-17,19,23H,7,9-10,12-13H2,1-2H3/t16-,17+,19?,23?,24-/m0/s1. The molecule has 2 aliphatic carbocycles. The third-order valence-electron chi connectivity index (χ3n) is 7.69. The zero-order valence-electron chi connectivity index (χ0n) is 17.3. The van der Waals surface area contributed by atoms with Crippen LogP contribution in [0.25, 0.3) is 0 Å². The van der Waals surface area contributed by atoms with Crippen molar-refractivity contribution in [1.29, 1.82) is 0 Å². The molecule has 156 valence electrons. The number of pyridine rings is 1. The van der Waals surface area contributed by atoms with Crippen molar-refractivity contribution in [2.75, 3.05) is 13.6 Å². The summed E-state index contributed by atoms with van der Waals surface area (Å²) in [4.78, 5) is 18.6. The van der Waals surface area contributed by atoms with Crippen molar-refractivity contribution in [3.05, 3.63) is 47.7 Å². The number of carbonyl (C=O) groups excluding carboxylic acids is 1. The van der Waals surface area contributed by atoms with Gasteiger partial charge in [-0.05, 0) is 62.9 Å². The van der Waals surface area contributed by atoms with Crippen LogP contribution >= 0.6 is 0 Å². The maximum atomic E-state index is 11.7. The predicted octanol–water partition coefficient (Wildman–Crippen LogP) is 3.12. The highest BCUT2D eigenvalue weighted by Gasteiger charge is 2.66. The van der Waals surface area contributed by atoms with Gasteiger partial charge in [-0.2, -0.15) is 0 Å². The summed E-state index contributed by atoms with van der Waals surface area (Å²) in [6.07, 6.45) is 5.66. The highest BCUT2D eigenvalue weighted by atomic mass is 16.6. The van der Waals surface area contributed by atoms with Crippen molar-refractivity contribution in [2.24, 2.45) is 5.92 Å². The summed E-state index contributed by atoms with van der Waals surface area (Å²) >= 11 is 0. The van der Waals surface area contributed by atoms with E-state index >= 15 is 0 Å². The van der Waals surface area contributed by atoms with Crippen LogP contribution < -0.4 is 14.2 Å². The van der Waals surface area contributed by atoms with E-state index in [1.165, 1.54) is 18.1 Å². The van der Waals surface area contributed by atoms with Gasteiger partial charge in [0.15, 0.2) is 11.5 Å². The van der Waals surface area contributed by atoms with Crippen LogP contribution in [0.4, 0.5) is 0 Å². The Balaban J connectivity index is 1.48. The SMILES string of the molecule is CC(=O)Oc1ccc2c3c1OC1C(Oc4ccccn4)CC[C@H]4[C@@H](C2)N(C)CC[C@]314. The van der Waals surface area contributed by atoms with Gasteiger partial charge in [0.1, 0.15) is 12.2 Å². The Morgan fingerprint density at radius 1 is 1.27 bits per heavy atom. The Bertz CT molecular complexity index is 1010. The second kappa shape index (κ2) is 6.45. The summed E-state index contributed by atoms with van der Waals surface area (Å²) in [6.45, 7) is 2.47. The number of ether oxygens (including phenoxy) is 3. The van der Waals surface area contributed by atoms with Crippen molar-refractivity contribution < 1.29 is 19.0 Å². The number of benzene rings is 1. The van der Waals surface area contributed by atoms with Gasteiger partial charge in [0.05, 0.1) is 0 Å². The van der Waals surface area contributed by atoms with Gasteiger partial charge < -0.3 is 19.1 Å². The van der Waals surface area contributed by atoms with E-state index in [0.717, 1.165) is 38.0 Å². The van der Waals surface area contributed by atoms with Gasteiger partial charge in [0.2, 0.25) is 5.88 Å². The van der Waals surface area contributed by atoms with E-state index in [1.807, 2.05) is 24.3 Å². The maximum Gasteiger partial charge on any atom is 0.308 e. The molecule has 1 saturated carbocycles. The van der Waals surface area contributed by atoms with Crippen LogP contribution in [-0.2, 0) is 16.6 Å². The van der Waals surface area contributed by atoms with Crippen LogP contribution in [0.1, 0.15) is 37.3 Å². The fourth-order valence-electron chi connectivity index (χ4n) is 6.61. The Morgan fingerprint density at radius 2 is 2.17 bits per heavy atom. The van der Waals surface area contributed by atoms with Gasteiger partial charge in [-0.3, -0.25) is 4.79 Å². The van der Waals surface area contributed by atoms with E-state index in [0.29, 0.717) is 23.6 Å². The molecule has 30 heavy (non-hydrogen) atoms. The van der Waals surface area contributed by atoms with Gasteiger partial charge in [0, 0.05) is 36.2 Å². The fourth-order valence-corrected chi connectivity index (χ4v) is 6.61. The first kappa shape index (κ1) is 18.2. The number of carbonyl (C=O) groups is 1. The molecule has 2 aliphatic heterocycles. The number of esters is 1. The van der Waals surface area contributed by atoms with Crippen LogP contribution in [0.3, 0.4) is 0 Å². The molecule has 4 aliphatic rings. The third-order valence-corrected chi connectivity index (χ3v) is 7.69. The lowest BCUT2D eigenvalue weighted by Gasteiger charge is -2.58. The zero-order chi connectivity index (χ0) is 20.5. The average molecular weight is 406 g/mol. The molecule has 6 nitrogen and oxygen atoms in total. The molecule has 0 amide bonds. The first-order valence-corrected chi connectivity index (χ1v) is 10.9. The van der Waals surface area contributed by atoms with Crippen molar-refractivity contribution in [3.8, 4) is 17.4 Å². The molecule has 1 aromatic heterocycles. The van der Waals surface area contributed by atoms with Crippen molar-refractivity contribution in [2.45, 2.75) is 56.3 Å². The molecule has 1 spiro atoms.